The largest absolute Gasteiger partial charge is 0.292 e. The third-order valence-corrected chi connectivity index (χ3v) is 11.4. The van der Waals surface area contributed by atoms with Crippen LogP contribution in [0, 0.1) is 6.92 Å². The molecule has 10 rings (SSSR count). The average Bonchev–Trinajstić information content (AvgIpc) is 3.77. The SMILES string of the molecule is C/C(=N\c1ccccc1C)c1cccc(-c2nc(-c3cccc(-c4nc5ccccc5n4-c4ccccc4)c3)nc(-c3ccc4c(c3)C(C)(C)c3ccccc3-4)n2)c1. The van der Waals surface area contributed by atoms with Crippen LogP contribution < -0.4 is 0 Å². The molecule has 0 atom stereocenters. The monoisotopic (exact) mass is 748 g/mol. The fraction of sp³-hybridized carbons (Fsp3) is 0.0962. The number of fused-ring (bicyclic) bond motifs is 4. The summed E-state index contributed by atoms with van der Waals surface area (Å²) in [5, 5.41) is 0. The van der Waals surface area contributed by atoms with Gasteiger partial charge in [0.1, 0.15) is 5.82 Å². The highest BCUT2D eigenvalue weighted by Gasteiger charge is 2.35. The molecule has 0 saturated heterocycles. The van der Waals surface area contributed by atoms with E-state index in [0.29, 0.717) is 17.5 Å². The number of imidazole rings is 1. The van der Waals surface area contributed by atoms with Gasteiger partial charge in [-0.05, 0) is 95.8 Å². The summed E-state index contributed by atoms with van der Waals surface area (Å²) in [5.74, 6) is 2.64. The van der Waals surface area contributed by atoms with Gasteiger partial charge in [0, 0.05) is 39.1 Å². The normalized spacial score (nSPS) is 13.1. The number of hydrogen-bond donors (Lipinski definition) is 0. The molecule has 0 bridgehead atoms. The van der Waals surface area contributed by atoms with E-state index in [9.17, 15) is 0 Å². The van der Waals surface area contributed by atoms with Crippen LogP contribution in [0.2, 0.25) is 0 Å². The number of aliphatic imine (C=N–C) groups is 1. The van der Waals surface area contributed by atoms with E-state index in [4.69, 9.17) is 24.9 Å². The molecule has 6 nitrogen and oxygen atoms in total. The van der Waals surface area contributed by atoms with Crippen molar-refractivity contribution in [3.8, 4) is 62.4 Å². The van der Waals surface area contributed by atoms with E-state index < -0.39 is 0 Å². The highest BCUT2D eigenvalue weighted by atomic mass is 15.1. The Bertz CT molecular complexity index is 3060. The molecule has 58 heavy (non-hydrogen) atoms. The van der Waals surface area contributed by atoms with Gasteiger partial charge in [0.2, 0.25) is 0 Å². The van der Waals surface area contributed by atoms with Crippen molar-refractivity contribution in [1.29, 1.82) is 0 Å². The van der Waals surface area contributed by atoms with Crippen LogP contribution in [0.5, 0.6) is 0 Å². The first-order valence-corrected chi connectivity index (χ1v) is 19.7. The zero-order valence-corrected chi connectivity index (χ0v) is 32.8. The van der Waals surface area contributed by atoms with Crippen LogP contribution >= 0.6 is 0 Å². The lowest BCUT2D eigenvalue weighted by molar-refractivity contribution is 0.660. The van der Waals surface area contributed by atoms with Crippen LogP contribution in [0.3, 0.4) is 0 Å². The van der Waals surface area contributed by atoms with Gasteiger partial charge in [-0.1, -0.05) is 135 Å². The number of aromatic nitrogens is 5. The minimum absolute atomic E-state index is 0.165. The van der Waals surface area contributed by atoms with Crippen molar-refractivity contribution in [2.45, 2.75) is 33.1 Å². The van der Waals surface area contributed by atoms with Gasteiger partial charge in [-0.2, -0.15) is 0 Å². The summed E-state index contributed by atoms with van der Waals surface area (Å²) in [4.78, 5) is 25.8. The van der Waals surface area contributed by atoms with E-state index >= 15 is 0 Å². The molecule has 0 fully saturated rings. The highest BCUT2D eigenvalue weighted by Crippen LogP contribution is 2.49. The fourth-order valence-electron chi connectivity index (χ4n) is 8.28. The molecule has 0 amide bonds. The Hall–Kier alpha value is -7.31. The molecule has 0 aliphatic heterocycles. The molecule has 0 spiro atoms. The van der Waals surface area contributed by atoms with Crippen LogP contribution in [0.15, 0.2) is 175 Å². The highest BCUT2D eigenvalue weighted by molar-refractivity contribution is 6.01. The van der Waals surface area contributed by atoms with Gasteiger partial charge >= 0.3 is 0 Å². The quantitative estimate of drug-likeness (QED) is 0.152. The summed E-state index contributed by atoms with van der Waals surface area (Å²) in [6.07, 6.45) is 0. The molecule has 9 aromatic rings. The summed E-state index contributed by atoms with van der Waals surface area (Å²) in [6, 6.07) is 58.9. The summed E-state index contributed by atoms with van der Waals surface area (Å²) >= 11 is 0. The molecule has 0 unspecified atom stereocenters. The molecule has 0 saturated carbocycles. The molecule has 278 valence electrons. The summed E-state index contributed by atoms with van der Waals surface area (Å²) in [7, 11) is 0. The van der Waals surface area contributed by atoms with Crippen molar-refractivity contribution >= 4 is 22.4 Å². The molecular formula is C52H40N6. The smallest absolute Gasteiger partial charge is 0.164 e. The van der Waals surface area contributed by atoms with E-state index in [1.165, 1.54) is 22.3 Å². The third-order valence-electron chi connectivity index (χ3n) is 11.4. The maximum atomic E-state index is 5.23. The van der Waals surface area contributed by atoms with Gasteiger partial charge in [0.05, 0.1) is 16.7 Å². The zero-order chi connectivity index (χ0) is 39.4. The first kappa shape index (κ1) is 35.1. The Balaban J connectivity index is 1.13. The average molecular weight is 749 g/mol. The molecule has 7 aromatic carbocycles. The van der Waals surface area contributed by atoms with E-state index in [2.05, 4.69) is 165 Å². The molecule has 1 aliphatic carbocycles. The summed E-state index contributed by atoms with van der Waals surface area (Å²) in [6.45, 7) is 8.73. The molecule has 6 heteroatoms. The van der Waals surface area contributed by atoms with Crippen LogP contribution in [0.25, 0.3) is 73.4 Å². The van der Waals surface area contributed by atoms with Crippen molar-refractivity contribution in [1.82, 2.24) is 24.5 Å². The predicted molar refractivity (Wildman–Crippen MR) is 237 cm³/mol. The van der Waals surface area contributed by atoms with Gasteiger partial charge in [0.25, 0.3) is 0 Å². The Morgan fingerprint density at radius 2 is 1.14 bits per heavy atom. The minimum Gasteiger partial charge on any atom is -0.292 e. The van der Waals surface area contributed by atoms with Gasteiger partial charge in [0.15, 0.2) is 17.5 Å². The van der Waals surface area contributed by atoms with Crippen molar-refractivity contribution in [2.75, 3.05) is 0 Å². The first-order chi connectivity index (χ1) is 28.3. The van der Waals surface area contributed by atoms with Gasteiger partial charge < -0.3 is 0 Å². The van der Waals surface area contributed by atoms with Crippen molar-refractivity contribution in [3.63, 3.8) is 0 Å². The van der Waals surface area contributed by atoms with Gasteiger partial charge in [-0.15, -0.1) is 0 Å². The molecular weight excluding hydrogens is 709 g/mol. The van der Waals surface area contributed by atoms with Crippen LogP contribution in [-0.2, 0) is 5.41 Å². The molecule has 2 heterocycles. The second-order valence-corrected chi connectivity index (χ2v) is 15.5. The van der Waals surface area contributed by atoms with E-state index in [1.807, 2.05) is 37.3 Å². The Kier molecular flexibility index (Phi) is 8.49. The first-order valence-electron chi connectivity index (χ1n) is 19.7. The number of rotatable bonds is 7. The zero-order valence-electron chi connectivity index (χ0n) is 32.8. The maximum absolute atomic E-state index is 5.23. The second kappa shape index (κ2) is 14.0. The molecule has 0 N–H and O–H groups in total. The van der Waals surface area contributed by atoms with Crippen LogP contribution in [-0.4, -0.2) is 30.2 Å². The van der Waals surface area contributed by atoms with E-state index in [-0.39, 0.29) is 5.41 Å². The van der Waals surface area contributed by atoms with Crippen LogP contribution in [0.4, 0.5) is 5.69 Å². The number of hydrogen-bond acceptors (Lipinski definition) is 5. The van der Waals surface area contributed by atoms with Crippen molar-refractivity contribution in [2.24, 2.45) is 4.99 Å². The number of nitrogens with zero attached hydrogens (tertiary/aromatic N) is 6. The van der Waals surface area contributed by atoms with Gasteiger partial charge in [-0.3, -0.25) is 9.56 Å². The Morgan fingerprint density at radius 3 is 1.93 bits per heavy atom. The fourth-order valence-corrected chi connectivity index (χ4v) is 8.28. The Labute approximate surface area is 338 Å². The van der Waals surface area contributed by atoms with Crippen molar-refractivity contribution < 1.29 is 0 Å². The summed E-state index contributed by atoms with van der Waals surface area (Å²) in [5.41, 5.74) is 15.7. The van der Waals surface area contributed by atoms with E-state index in [0.717, 1.165) is 67.3 Å². The lowest BCUT2D eigenvalue weighted by Gasteiger charge is -2.21. The lowest BCUT2D eigenvalue weighted by Crippen LogP contribution is -2.15. The number of benzene rings is 7. The Morgan fingerprint density at radius 1 is 0.517 bits per heavy atom. The predicted octanol–water partition coefficient (Wildman–Crippen LogP) is 12.6. The van der Waals surface area contributed by atoms with Crippen LogP contribution in [0.1, 0.15) is 43.0 Å². The number of aryl methyl sites for hydroxylation is 1. The number of para-hydroxylation sites is 4. The molecule has 1 aliphatic rings. The lowest BCUT2D eigenvalue weighted by atomic mass is 9.82. The summed E-state index contributed by atoms with van der Waals surface area (Å²) < 4.78 is 2.22. The maximum Gasteiger partial charge on any atom is 0.164 e. The third kappa shape index (κ3) is 6.10. The van der Waals surface area contributed by atoms with Gasteiger partial charge in [-0.25, -0.2) is 19.9 Å². The standard InChI is InChI=1S/C52H40N6/c1-33-16-8-11-25-45(33)53-34(2)35-17-14-18-36(30-35)48-55-49(57-50(56-48)38-28-29-42-41-23-9-10-24-43(41)52(3,4)44(42)32-38)37-19-15-20-39(31-37)51-54-46-26-12-13-27-47(46)58(51)40-21-6-5-7-22-40/h5-32H,1-4H3/b53-34+. The van der Waals surface area contributed by atoms with E-state index in [1.54, 1.807) is 0 Å². The molecule has 0 radical (unpaired) electrons. The van der Waals surface area contributed by atoms with Crippen molar-refractivity contribution in [3.05, 3.63) is 192 Å². The topological polar surface area (TPSA) is 68.8 Å². The minimum atomic E-state index is -0.165. The second-order valence-electron chi connectivity index (χ2n) is 15.5. The molecule has 2 aromatic heterocycles.